The molecule has 5 heteroatoms. The molecule has 2 aliphatic rings. The van der Waals surface area contributed by atoms with Gasteiger partial charge < -0.3 is 4.74 Å². The average Bonchev–Trinajstić information content (AvgIpc) is 3.09. The van der Waals surface area contributed by atoms with Crippen LogP contribution in [0.15, 0.2) is 42.6 Å². The van der Waals surface area contributed by atoms with E-state index in [4.69, 9.17) is 4.74 Å². The molecule has 0 spiro atoms. The molecule has 4 nitrogen and oxygen atoms in total. The number of carbonyl (C=O) groups is 1. The van der Waals surface area contributed by atoms with Crippen LogP contribution in [-0.2, 0) is 4.74 Å². The van der Waals surface area contributed by atoms with Crippen molar-refractivity contribution in [2.45, 2.75) is 25.3 Å². The lowest BCUT2D eigenvalue weighted by Crippen LogP contribution is -2.49. The summed E-state index contributed by atoms with van der Waals surface area (Å²) in [4.78, 5) is 18.2. The van der Waals surface area contributed by atoms with Crippen LogP contribution in [0.4, 0.5) is 15.0 Å². The van der Waals surface area contributed by atoms with Crippen molar-refractivity contribution in [3.8, 4) is 11.8 Å². The molecular formula is C20H17FN2O2. The van der Waals surface area contributed by atoms with Crippen LogP contribution in [0.1, 0.15) is 30.4 Å². The molecule has 1 aliphatic carbocycles. The van der Waals surface area contributed by atoms with Gasteiger partial charge >= 0.3 is 6.09 Å². The van der Waals surface area contributed by atoms with Crippen LogP contribution < -0.4 is 4.90 Å². The molecule has 25 heavy (non-hydrogen) atoms. The van der Waals surface area contributed by atoms with Crippen LogP contribution in [0.5, 0.6) is 0 Å². The number of carbonyl (C=O) groups excluding carboxylic acids is 1. The Morgan fingerprint density at radius 3 is 2.84 bits per heavy atom. The van der Waals surface area contributed by atoms with Crippen molar-refractivity contribution in [3.63, 3.8) is 0 Å². The van der Waals surface area contributed by atoms with Crippen molar-refractivity contribution in [1.29, 1.82) is 0 Å². The van der Waals surface area contributed by atoms with Gasteiger partial charge in [0.05, 0.1) is 6.61 Å². The van der Waals surface area contributed by atoms with Gasteiger partial charge in [-0.15, -0.1) is 0 Å². The summed E-state index contributed by atoms with van der Waals surface area (Å²) in [6.45, 7) is 0.511. The quantitative estimate of drug-likeness (QED) is 0.745. The Balaban J connectivity index is 1.55. The Hall–Kier alpha value is -2.87. The lowest BCUT2D eigenvalue weighted by molar-refractivity contribution is 0.104. The highest BCUT2D eigenvalue weighted by Crippen LogP contribution is 2.36. The van der Waals surface area contributed by atoms with Gasteiger partial charge in [0.15, 0.2) is 0 Å². The molecule has 2 fully saturated rings. The molecule has 2 aromatic rings. The van der Waals surface area contributed by atoms with Gasteiger partial charge in [-0.25, -0.2) is 14.2 Å². The lowest BCUT2D eigenvalue weighted by Gasteiger charge is -2.35. The number of benzene rings is 1. The summed E-state index contributed by atoms with van der Waals surface area (Å²) < 4.78 is 18.5. The Labute approximate surface area is 145 Å². The Kier molecular flexibility index (Phi) is 4.10. The van der Waals surface area contributed by atoms with E-state index in [1.807, 2.05) is 6.07 Å². The van der Waals surface area contributed by atoms with E-state index in [0.717, 1.165) is 19.3 Å². The van der Waals surface area contributed by atoms with Crippen LogP contribution in [-0.4, -0.2) is 23.7 Å². The van der Waals surface area contributed by atoms with Gasteiger partial charge in [0.2, 0.25) is 0 Å². The molecule has 2 heterocycles. The van der Waals surface area contributed by atoms with E-state index in [2.05, 4.69) is 16.8 Å². The zero-order chi connectivity index (χ0) is 17.2. The summed E-state index contributed by atoms with van der Waals surface area (Å²) in [6, 6.07) is 9.94. The van der Waals surface area contributed by atoms with Gasteiger partial charge in [0, 0.05) is 29.3 Å². The first-order valence-corrected chi connectivity index (χ1v) is 8.40. The maximum absolute atomic E-state index is 13.2. The number of amides is 1. The molecule has 1 aromatic carbocycles. The highest BCUT2D eigenvalue weighted by molar-refractivity contribution is 5.88. The molecule has 1 saturated carbocycles. The summed E-state index contributed by atoms with van der Waals surface area (Å²) in [7, 11) is 0. The summed E-state index contributed by atoms with van der Waals surface area (Å²) >= 11 is 0. The monoisotopic (exact) mass is 336 g/mol. The molecule has 0 bridgehead atoms. The summed E-state index contributed by atoms with van der Waals surface area (Å²) in [5, 5.41) is 0. The van der Waals surface area contributed by atoms with Crippen LogP contribution in [0.3, 0.4) is 0 Å². The summed E-state index contributed by atoms with van der Waals surface area (Å²) in [5.74, 6) is 6.55. The Morgan fingerprint density at radius 1 is 1.16 bits per heavy atom. The van der Waals surface area contributed by atoms with Gasteiger partial charge in [-0.3, -0.25) is 4.90 Å². The van der Waals surface area contributed by atoms with E-state index in [-0.39, 0.29) is 18.0 Å². The lowest BCUT2D eigenvalue weighted by atomic mass is 10.0. The van der Waals surface area contributed by atoms with Crippen molar-refractivity contribution in [2.75, 3.05) is 11.5 Å². The number of cyclic esters (lactones) is 1. The maximum atomic E-state index is 13.2. The molecular weight excluding hydrogens is 319 g/mol. The fourth-order valence-electron chi connectivity index (χ4n) is 3.51. The van der Waals surface area contributed by atoms with Gasteiger partial charge in [0.25, 0.3) is 0 Å². The molecule has 2 atom stereocenters. The van der Waals surface area contributed by atoms with Crippen molar-refractivity contribution in [1.82, 2.24) is 4.98 Å². The second-order valence-electron chi connectivity index (χ2n) is 6.37. The van der Waals surface area contributed by atoms with Gasteiger partial charge in [-0.05, 0) is 43.2 Å². The van der Waals surface area contributed by atoms with Gasteiger partial charge in [-0.1, -0.05) is 24.3 Å². The zero-order valence-corrected chi connectivity index (χ0v) is 13.6. The largest absolute Gasteiger partial charge is 0.449 e. The van der Waals surface area contributed by atoms with E-state index >= 15 is 0 Å². The third-order valence-electron chi connectivity index (χ3n) is 4.74. The number of rotatable bonds is 1. The normalized spacial score (nSPS) is 22.0. The zero-order valence-electron chi connectivity index (χ0n) is 13.6. The first-order valence-electron chi connectivity index (χ1n) is 8.40. The second-order valence-corrected chi connectivity index (χ2v) is 6.37. The van der Waals surface area contributed by atoms with E-state index in [0.29, 0.717) is 29.5 Å². The van der Waals surface area contributed by atoms with Gasteiger partial charge in [0.1, 0.15) is 11.6 Å². The fraction of sp³-hybridized carbons (Fsp3) is 0.300. The van der Waals surface area contributed by atoms with E-state index in [9.17, 15) is 9.18 Å². The molecule has 4 rings (SSSR count). The minimum absolute atomic E-state index is 0.179. The Bertz CT molecular complexity index is 854. The molecule has 1 aromatic heterocycles. The molecule has 0 N–H and O–H groups in total. The first-order chi connectivity index (χ1) is 12.2. The highest BCUT2D eigenvalue weighted by Gasteiger charge is 2.41. The minimum Gasteiger partial charge on any atom is -0.449 e. The minimum atomic E-state index is -0.325. The number of anilines is 1. The molecule has 1 saturated heterocycles. The molecule has 2 unspecified atom stereocenters. The number of fused-ring (bicyclic) bond motifs is 1. The standard InChI is InChI=1S/C20H17FN2O2/c21-17-5-1-3-14(11-17)7-8-15-9-10-19(22-12-15)23-18-6-2-4-16(18)13-25-20(23)24/h1,3,5,9-12,16,18H,2,4,6,13H2. The second kappa shape index (κ2) is 6.56. The highest BCUT2D eigenvalue weighted by atomic mass is 19.1. The van der Waals surface area contributed by atoms with Crippen LogP contribution >= 0.6 is 0 Å². The molecule has 1 amide bonds. The number of nitrogens with zero attached hydrogens (tertiary/aromatic N) is 2. The van der Waals surface area contributed by atoms with Crippen molar-refractivity contribution >= 4 is 11.9 Å². The maximum Gasteiger partial charge on any atom is 0.415 e. The average molecular weight is 336 g/mol. The molecule has 126 valence electrons. The topological polar surface area (TPSA) is 42.4 Å². The first kappa shape index (κ1) is 15.6. The van der Waals surface area contributed by atoms with Gasteiger partial charge in [-0.2, -0.15) is 0 Å². The molecule has 1 aliphatic heterocycles. The number of halogens is 1. The summed E-state index contributed by atoms with van der Waals surface area (Å²) in [6.07, 6.45) is 4.50. The van der Waals surface area contributed by atoms with Crippen molar-refractivity contribution in [3.05, 3.63) is 59.5 Å². The number of aromatic nitrogens is 1. The predicted octanol–water partition coefficient (Wildman–Crippen LogP) is 3.75. The number of ether oxygens (including phenoxy) is 1. The predicted molar refractivity (Wildman–Crippen MR) is 91.6 cm³/mol. The van der Waals surface area contributed by atoms with E-state index in [1.165, 1.54) is 12.1 Å². The molecule has 0 radical (unpaired) electrons. The number of hydrogen-bond donors (Lipinski definition) is 0. The third-order valence-corrected chi connectivity index (χ3v) is 4.74. The van der Waals surface area contributed by atoms with Crippen LogP contribution in [0.25, 0.3) is 0 Å². The summed E-state index contributed by atoms with van der Waals surface area (Å²) in [5.41, 5.74) is 1.32. The smallest absolute Gasteiger partial charge is 0.415 e. The number of hydrogen-bond acceptors (Lipinski definition) is 3. The van der Waals surface area contributed by atoms with E-state index in [1.54, 1.807) is 29.3 Å². The van der Waals surface area contributed by atoms with Crippen LogP contribution in [0, 0.1) is 23.6 Å². The fourth-order valence-corrected chi connectivity index (χ4v) is 3.51. The third kappa shape index (κ3) is 3.20. The number of pyridine rings is 1. The van der Waals surface area contributed by atoms with Crippen molar-refractivity contribution < 1.29 is 13.9 Å². The van der Waals surface area contributed by atoms with Crippen LogP contribution in [0.2, 0.25) is 0 Å². The SMILES string of the molecule is O=C1OCC2CCCC2N1c1ccc(C#Cc2cccc(F)c2)cn1. The van der Waals surface area contributed by atoms with Crippen molar-refractivity contribution in [2.24, 2.45) is 5.92 Å². The Morgan fingerprint density at radius 2 is 2.04 bits per heavy atom. The van der Waals surface area contributed by atoms with E-state index < -0.39 is 0 Å².